The fourth-order valence-electron chi connectivity index (χ4n) is 4.36. The van der Waals surface area contributed by atoms with Gasteiger partial charge in [0.05, 0.1) is 5.52 Å². The van der Waals surface area contributed by atoms with Crippen molar-refractivity contribution in [1.82, 2.24) is 4.57 Å². The molecular weight excluding hydrogens is 417 g/mol. The summed E-state index contributed by atoms with van der Waals surface area (Å²) in [6, 6.07) is 20.5. The molecular formula is C25H19Cl2NO2. The van der Waals surface area contributed by atoms with Gasteiger partial charge < -0.3 is 9.67 Å². The highest BCUT2D eigenvalue weighted by Crippen LogP contribution is 2.36. The first-order valence-corrected chi connectivity index (χ1v) is 10.7. The molecule has 0 amide bonds. The van der Waals surface area contributed by atoms with E-state index in [1.807, 2.05) is 53.1 Å². The molecule has 30 heavy (non-hydrogen) atoms. The van der Waals surface area contributed by atoms with Gasteiger partial charge in [-0.3, -0.25) is 4.79 Å². The number of hydrogen-bond donors (Lipinski definition) is 1. The summed E-state index contributed by atoms with van der Waals surface area (Å²) in [5.74, 6) is 0. The molecule has 3 nitrogen and oxygen atoms in total. The van der Waals surface area contributed by atoms with Gasteiger partial charge in [0, 0.05) is 28.0 Å². The Bertz CT molecular complexity index is 1330. The van der Waals surface area contributed by atoms with E-state index in [9.17, 15) is 9.90 Å². The van der Waals surface area contributed by atoms with Crippen LogP contribution in [0.5, 0.6) is 0 Å². The minimum absolute atomic E-state index is 0.00979. The zero-order valence-electron chi connectivity index (χ0n) is 16.1. The third kappa shape index (κ3) is 3.33. The number of pyridine rings is 1. The van der Waals surface area contributed by atoms with Crippen molar-refractivity contribution in [3.63, 3.8) is 0 Å². The second kappa shape index (κ2) is 7.59. The Balaban J connectivity index is 1.78. The molecule has 0 saturated carbocycles. The number of hydrogen-bond acceptors (Lipinski definition) is 2. The summed E-state index contributed by atoms with van der Waals surface area (Å²) in [5.41, 5.74) is 5.33. The molecule has 150 valence electrons. The van der Waals surface area contributed by atoms with Crippen molar-refractivity contribution >= 4 is 34.1 Å². The summed E-state index contributed by atoms with van der Waals surface area (Å²) in [7, 11) is 0. The van der Waals surface area contributed by atoms with Crippen molar-refractivity contribution in [3.8, 4) is 11.1 Å². The average molecular weight is 436 g/mol. The highest BCUT2D eigenvalue weighted by molar-refractivity contribution is 6.31. The number of aliphatic hydroxyl groups is 1. The van der Waals surface area contributed by atoms with Gasteiger partial charge in [0.2, 0.25) is 0 Å². The van der Waals surface area contributed by atoms with Crippen molar-refractivity contribution in [2.24, 2.45) is 0 Å². The lowest BCUT2D eigenvalue weighted by Gasteiger charge is -2.23. The molecule has 1 aliphatic heterocycles. The standard InChI is InChI=1S/C25H19Cl2NO2/c26-19-8-6-15(7-9-19)25(30)18-11-17-4-2-10-28-23(29)14-21(22(13-18)24(17)28)16-3-1-5-20(27)12-16/h1,3,5-9,11-14,25,30H,2,4,10H2. The highest BCUT2D eigenvalue weighted by atomic mass is 35.5. The largest absolute Gasteiger partial charge is 0.384 e. The Morgan fingerprint density at radius 3 is 2.47 bits per heavy atom. The molecule has 0 bridgehead atoms. The van der Waals surface area contributed by atoms with Gasteiger partial charge in [0.1, 0.15) is 6.10 Å². The summed E-state index contributed by atoms with van der Waals surface area (Å²) in [6.07, 6.45) is 0.993. The first-order chi connectivity index (χ1) is 14.5. The monoisotopic (exact) mass is 435 g/mol. The Morgan fingerprint density at radius 1 is 0.900 bits per heavy atom. The Hall–Kier alpha value is -2.59. The van der Waals surface area contributed by atoms with Crippen LogP contribution >= 0.6 is 23.2 Å². The van der Waals surface area contributed by atoms with E-state index in [-0.39, 0.29) is 5.56 Å². The summed E-state index contributed by atoms with van der Waals surface area (Å²) in [4.78, 5) is 12.9. The van der Waals surface area contributed by atoms with Crippen LogP contribution in [0.25, 0.3) is 22.0 Å². The molecule has 1 aliphatic rings. The predicted octanol–water partition coefficient (Wildman–Crippen LogP) is 6.00. The van der Waals surface area contributed by atoms with E-state index in [0.29, 0.717) is 16.6 Å². The topological polar surface area (TPSA) is 42.2 Å². The molecule has 0 spiro atoms. The number of benzene rings is 3. The molecule has 4 aromatic rings. The second-order valence-corrected chi connectivity index (χ2v) is 8.56. The number of aromatic nitrogens is 1. The lowest BCUT2D eigenvalue weighted by atomic mass is 9.90. The zero-order valence-corrected chi connectivity index (χ0v) is 17.6. The number of aliphatic hydroxyl groups excluding tert-OH is 1. The maximum atomic E-state index is 12.9. The van der Waals surface area contributed by atoms with E-state index in [4.69, 9.17) is 23.2 Å². The minimum Gasteiger partial charge on any atom is -0.384 e. The average Bonchev–Trinajstić information content (AvgIpc) is 2.76. The van der Waals surface area contributed by atoms with Crippen molar-refractivity contribution < 1.29 is 5.11 Å². The predicted molar refractivity (Wildman–Crippen MR) is 122 cm³/mol. The van der Waals surface area contributed by atoms with Gasteiger partial charge in [-0.1, -0.05) is 53.5 Å². The van der Waals surface area contributed by atoms with Gasteiger partial charge in [-0.05, 0) is 71.0 Å². The first-order valence-electron chi connectivity index (χ1n) is 9.91. The molecule has 1 N–H and O–H groups in total. The third-order valence-electron chi connectivity index (χ3n) is 5.77. The van der Waals surface area contributed by atoms with Crippen LogP contribution in [0.15, 0.2) is 71.5 Å². The van der Waals surface area contributed by atoms with Gasteiger partial charge in [0.25, 0.3) is 5.56 Å². The van der Waals surface area contributed by atoms with E-state index < -0.39 is 6.10 Å². The summed E-state index contributed by atoms with van der Waals surface area (Å²) in [5, 5.41) is 13.3. The molecule has 3 aromatic carbocycles. The smallest absolute Gasteiger partial charge is 0.251 e. The van der Waals surface area contributed by atoms with Crippen LogP contribution in [0, 0.1) is 0 Å². The molecule has 0 radical (unpaired) electrons. The summed E-state index contributed by atoms with van der Waals surface area (Å²) >= 11 is 12.2. The van der Waals surface area contributed by atoms with E-state index in [2.05, 4.69) is 0 Å². The highest BCUT2D eigenvalue weighted by Gasteiger charge is 2.21. The molecule has 1 unspecified atom stereocenters. The fourth-order valence-corrected chi connectivity index (χ4v) is 4.68. The number of aryl methyl sites for hydroxylation is 2. The van der Waals surface area contributed by atoms with Gasteiger partial charge in [0.15, 0.2) is 0 Å². The Labute approximate surface area is 184 Å². The van der Waals surface area contributed by atoms with Crippen LogP contribution in [0.3, 0.4) is 0 Å². The molecule has 0 aliphatic carbocycles. The number of halogens is 2. The van der Waals surface area contributed by atoms with Crippen molar-refractivity contribution in [2.45, 2.75) is 25.5 Å². The Morgan fingerprint density at radius 2 is 1.70 bits per heavy atom. The minimum atomic E-state index is -0.780. The van der Waals surface area contributed by atoms with E-state index in [1.54, 1.807) is 18.2 Å². The van der Waals surface area contributed by atoms with Gasteiger partial charge in [-0.15, -0.1) is 0 Å². The van der Waals surface area contributed by atoms with Crippen LogP contribution in [0.4, 0.5) is 0 Å². The van der Waals surface area contributed by atoms with Crippen LogP contribution in [-0.2, 0) is 13.0 Å². The van der Waals surface area contributed by atoms with Crippen molar-refractivity contribution in [3.05, 3.63) is 104 Å². The third-order valence-corrected chi connectivity index (χ3v) is 6.26. The maximum Gasteiger partial charge on any atom is 0.251 e. The van der Waals surface area contributed by atoms with Crippen LogP contribution < -0.4 is 5.56 Å². The number of nitrogens with zero attached hydrogens (tertiary/aromatic N) is 1. The second-order valence-electron chi connectivity index (χ2n) is 7.69. The van der Waals surface area contributed by atoms with Crippen LogP contribution in [-0.4, -0.2) is 9.67 Å². The van der Waals surface area contributed by atoms with Gasteiger partial charge in [-0.2, -0.15) is 0 Å². The van der Waals surface area contributed by atoms with Crippen LogP contribution in [0.1, 0.15) is 29.2 Å². The molecule has 5 rings (SSSR count). The van der Waals surface area contributed by atoms with Gasteiger partial charge in [-0.25, -0.2) is 0 Å². The maximum absolute atomic E-state index is 12.9. The van der Waals surface area contributed by atoms with Gasteiger partial charge >= 0.3 is 0 Å². The zero-order chi connectivity index (χ0) is 20.8. The van der Waals surface area contributed by atoms with E-state index in [0.717, 1.165) is 51.6 Å². The van der Waals surface area contributed by atoms with E-state index in [1.165, 1.54) is 0 Å². The lowest BCUT2D eigenvalue weighted by molar-refractivity contribution is 0.220. The molecule has 1 atom stereocenters. The molecule has 2 heterocycles. The summed E-state index contributed by atoms with van der Waals surface area (Å²) in [6.45, 7) is 0.706. The Kier molecular flexibility index (Phi) is 4.90. The fraction of sp³-hybridized carbons (Fsp3) is 0.160. The SMILES string of the molecule is O=c1cc(-c2cccc(Cl)c2)c2cc(C(O)c3ccc(Cl)cc3)cc3c2n1CCC3. The molecule has 0 saturated heterocycles. The summed E-state index contributed by atoms with van der Waals surface area (Å²) < 4.78 is 1.85. The molecule has 1 aromatic heterocycles. The van der Waals surface area contributed by atoms with Crippen molar-refractivity contribution in [1.29, 1.82) is 0 Å². The molecule has 0 fully saturated rings. The quantitative estimate of drug-likeness (QED) is 0.428. The molecule has 5 heteroatoms. The number of rotatable bonds is 3. The lowest BCUT2D eigenvalue weighted by Crippen LogP contribution is -2.24. The van der Waals surface area contributed by atoms with Crippen molar-refractivity contribution in [2.75, 3.05) is 0 Å². The normalized spacial score (nSPS) is 14.1. The first kappa shape index (κ1) is 19.4. The van der Waals surface area contributed by atoms with Crippen LogP contribution in [0.2, 0.25) is 10.0 Å². The van der Waals surface area contributed by atoms with E-state index >= 15 is 0 Å².